The van der Waals surface area contributed by atoms with Crippen LogP contribution < -0.4 is 5.32 Å². The van der Waals surface area contributed by atoms with Crippen LogP contribution in [0.25, 0.3) is 0 Å². The van der Waals surface area contributed by atoms with Gasteiger partial charge in [0.05, 0.1) is 5.56 Å². The number of aryl methyl sites for hydroxylation is 1. The Balaban J connectivity index is 2.04. The summed E-state index contributed by atoms with van der Waals surface area (Å²) < 4.78 is 32.1. The van der Waals surface area contributed by atoms with Crippen LogP contribution >= 0.6 is 15.9 Å². The van der Waals surface area contributed by atoms with Crippen LogP contribution in [0.4, 0.5) is 14.5 Å². The number of amides is 1. The minimum atomic E-state index is -1.14. The first kappa shape index (κ1) is 18.1. The summed E-state index contributed by atoms with van der Waals surface area (Å²) in [4.78, 5) is 24.1. The molecule has 0 spiro atoms. The predicted octanol–water partition coefficient (Wildman–Crippen LogP) is 4.22. The van der Waals surface area contributed by atoms with Crippen LogP contribution in [0.3, 0.4) is 0 Å². The lowest BCUT2D eigenvalue weighted by molar-refractivity contribution is -0.123. The molecule has 0 radical (unpaired) electrons. The molecule has 24 heavy (non-hydrogen) atoms. The first-order chi connectivity index (χ1) is 11.3. The second-order valence-corrected chi connectivity index (χ2v) is 5.98. The van der Waals surface area contributed by atoms with Gasteiger partial charge in [0.15, 0.2) is 6.10 Å². The lowest BCUT2D eigenvalue weighted by Crippen LogP contribution is -2.30. The molecule has 0 aromatic heterocycles. The Bertz CT molecular complexity index is 795. The number of esters is 1. The molecular weight excluding hydrogens is 384 g/mol. The van der Waals surface area contributed by atoms with Gasteiger partial charge in [-0.1, -0.05) is 6.07 Å². The first-order valence-corrected chi connectivity index (χ1v) is 7.80. The Kier molecular flexibility index (Phi) is 5.66. The van der Waals surface area contributed by atoms with E-state index in [1.54, 1.807) is 6.92 Å². The monoisotopic (exact) mass is 397 g/mol. The van der Waals surface area contributed by atoms with Crippen molar-refractivity contribution in [1.29, 1.82) is 0 Å². The summed E-state index contributed by atoms with van der Waals surface area (Å²) >= 11 is 3.12. The molecular formula is C17H14BrF2NO3. The van der Waals surface area contributed by atoms with Gasteiger partial charge >= 0.3 is 5.97 Å². The van der Waals surface area contributed by atoms with Crippen molar-refractivity contribution in [1.82, 2.24) is 0 Å². The Hall–Kier alpha value is -2.28. The molecule has 126 valence electrons. The number of hydrogen-bond acceptors (Lipinski definition) is 3. The topological polar surface area (TPSA) is 55.4 Å². The quantitative estimate of drug-likeness (QED) is 0.785. The molecule has 7 heteroatoms. The number of carbonyl (C=O) groups excluding carboxylic acids is 2. The summed E-state index contributed by atoms with van der Waals surface area (Å²) in [6.07, 6.45) is -1.14. The van der Waals surface area contributed by atoms with Gasteiger partial charge in [0.1, 0.15) is 11.6 Å². The standard InChI is InChI=1S/C17H14BrF2NO3/c1-9-3-5-12(8-15(9)20)21-16(22)10(2)24-17(23)13-7-11(19)4-6-14(13)18/h3-8,10H,1-2H3,(H,21,22)/t10-/m0/s1. The van der Waals surface area contributed by atoms with Crippen LogP contribution in [0, 0.1) is 18.6 Å². The summed E-state index contributed by atoms with van der Waals surface area (Å²) in [5.74, 6) is -2.53. The zero-order valence-corrected chi connectivity index (χ0v) is 14.5. The number of carbonyl (C=O) groups is 2. The Labute approximate surface area is 145 Å². The molecule has 4 nitrogen and oxygen atoms in total. The van der Waals surface area contributed by atoms with E-state index in [0.717, 1.165) is 6.07 Å². The van der Waals surface area contributed by atoms with Crippen molar-refractivity contribution in [2.75, 3.05) is 5.32 Å². The molecule has 1 N–H and O–H groups in total. The first-order valence-electron chi connectivity index (χ1n) is 7.01. The molecule has 0 fully saturated rings. The molecule has 0 saturated heterocycles. The summed E-state index contributed by atoms with van der Waals surface area (Å²) in [7, 11) is 0. The molecule has 2 rings (SSSR count). The zero-order chi connectivity index (χ0) is 17.9. The number of nitrogens with one attached hydrogen (secondary N) is 1. The summed E-state index contributed by atoms with van der Waals surface area (Å²) in [6.45, 7) is 2.97. The van der Waals surface area contributed by atoms with Crippen molar-refractivity contribution < 1.29 is 23.1 Å². The second kappa shape index (κ2) is 7.53. The van der Waals surface area contributed by atoms with Crippen LogP contribution in [0.5, 0.6) is 0 Å². The van der Waals surface area contributed by atoms with E-state index in [0.29, 0.717) is 10.0 Å². The molecule has 2 aromatic rings. The fourth-order valence-electron chi connectivity index (χ4n) is 1.85. The largest absolute Gasteiger partial charge is 0.449 e. The average Bonchev–Trinajstić information content (AvgIpc) is 2.53. The number of halogens is 3. The van der Waals surface area contributed by atoms with E-state index in [1.165, 1.54) is 37.3 Å². The minimum absolute atomic E-state index is 0.0315. The highest BCUT2D eigenvalue weighted by atomic mass is 79.9. The van der Waals surface area contributed by atoms with Gasteiger partial charge in [-0.25, -0.2) is 13.6 Å². The van der Waals surface area contributed by atoms with E-state index >= 15 is 0 Å². The van der Waals surface area contributed by atoms with Crippen LogP contribution in [-0.2, 0) is 9.53 Å². The third kappa shape index (κ3) is 4.38. The summed E-state index contributed by atoms with van der Waals surface area (Å²) in [5, 5.41) is 2.45. The van der Waals surface area contributed by atoms with E-state index in [-0.39, 0.29) is 11.3 Å². The van der Waals surface area contributed by atoms with Crippen molar-refractivity contribution in [2.24, 2.45) is 0 Å². The van der Waals surface area contributed by atoms with Crippen molar-refractivity contribution in [2.45, 2.75) is 20.0 Å². The van der Waals surface area contributed by atoms with E-state index < -0.39 is 29.6 Å². The predicted molar refractivity (Wildman–Crippen MR) is 88.7 cm³/mol. The molecule has 0 unspecified atom stereocenters. The maximum Gasteiger partial charge on any atom is 0.340 e. The maximum absolute atomic E-state index is 13.5. The summed E-state index contributed by atoms with van der Waals surface area (Å²) in [6, 6.07) is 7.78. The highest BCUT2D eigenvalue weighted by Gasteiger charge is 2.21. The molecule has 2 aromatic carbocycles. The summed E-state index contributed by atoms with van der Waals surface area (Å²) in [5.41, 5.74) is 0.664. The van der Waals surface area contributed by atoms with Gasteiger partial charge < -0.3 is 10.1 Å². The van der Waals surface area contributed by atoms with Gasteiger partial charge in [-0.05, 0) is 65.7 Å². The van der Waals surface area contributed by atoms with Crippen LogP contribution in [0.1, 0.15) is 22.8 Å². The molecule has 0 saturated carbocycles. The average molecular weight is 398 g/mol. The lowest BCUT2D eigenvalue weighted by atomic mass is 10.2. The van der Waals surface area contributed by atoms with E-state index in [4.69, 9.17) is 4.74 Å². The van der Waals surface area contributed by atoms with Crippen LogP contribution in [0.15, 0.2) is 40.9 Å². The van der Waals surface area contributed by atoms with Crippen molar-refractivity contribution in [3.63, 3.8) is 0 Å². The highest BCUT2D eigenvalue weighted by Crippen LogP contribution is 2.20. The molecule has 1 amide bonds. The fraction of sp³-hybridized carbons (Fsp3) is 0.176. The van der Waals surface area contributed by atoms with Crippen LogP contribution in [-0.4, -0.2) is 18.0 Å². The number of anilines is 1. The van der Waals surface area contributed by atoms with Crippen LogP contribution in [0.2, 0.25) is 0 Å². The van der Waals surface area contributed by atoms with Crippen molar-refractivity contribution in [3.05, 3.63) is 63.6 Å². The SMILES string of the molecule is Cc1ccc(NC(=O)[C@H](C)OC(=O)c2cc(F)ccc2Br)cc1F. The zero-order valence-electron chi connectivity index (χ0n) is 12.9. The Morgan fingerprint density at radius 2 is 1.88 bits per heavy atom. The van der Waals surface area contributed by atoms with E-state index in [9.17, 15) is 18.4 Å². The number of benzene rings is 2. The van der Waals surface area contributed by atoms with Gasteiger partial charge in [0.2, 0.25) is 0 Å². The fourth-order valence-corrected chi connectivity index (χ4v) is 2.25. The minimum Gasteiger partial charge on any atom is -0.449 e. The maximum atomic E-state index is 13.5. The van der Waals surface area contributed by atoms with Gasteiger partial charge in [-0.2, -0.15) is 0 Å². The molecule has 0 heterocycles. The van der Waals surface area contributed by atoms with Gasteiger partial charge in [-0.3, -0.25) is 4.79 Å². The highest BCUT2D eigenvalue weighted by molar-refractivity contribution is 9.10. The number of hydrogen-bond donors (Lipinski definition) is 1. The molecule has 0 aliphatic carbocycles. The smallest absolute Gasteiger partial charge is 0.340 e. The van der Waals surface area contributed by atoms with E-state index in [2.05, 4.69) is 21.2 Å². The van der Waals surface area contributed by atoms with E-state index in [1.807, 2.05) is 0 Å². The third-order valence-corrected chi connectivity index (χ3v) is 3.93. The van der Waals surface area contributed by atoms with Gasteiger partial charge in [0.25, 0.3) is 5.91 Å². The molecule has 0 bridgehead atoms. The second-order valence-electron chi connectivity index (χ2n) is 5.12. The third-order valence-electron chi connectivity index (χ3n) is 3.24. The lowest BCUT2D eigenvalue weighted by Gasteiger charge is -2.14. The number of ether oxygens (including phenoxy) is 1. The number of rotatable bonds is 4. The van der Waals surface area contributed by atoms with Gasteiger partial charge in [-0.15, -0.1) is 0 Å². The van der Waals surface area contributed by atoms with Crippen molar-refractivity contribution >= 4 is 33.5 Å². The normalized spacial score (nSPS) is 11.7. The molecule has 0 aliphatic rings. The molecule has 1 atom stereocenters. The van der Waals surface area contributed by atoms with Gasteiger partial charge in [0, 0.05) is 10.2 Å². The Morgan fingerprint density at radius 3 is 2.54 bits per heavy atom. The Morgan fingerprint density at radius 1 is 1.17 bits per heavy atom. The molecule has 0 aliphatic heterocycles. The van der Waals surface area contributed by atoms with Crippen molar-refractivity contribution in [3.8, 4) is 0 Å².